The number of likely N-dealkylation sites (N-methyl/N-ethyl adjacent to an activating group) is 1. The highest BCUT2D eigenvalue weighted by atomic mass is 16.5. The number of rotatable bonds is 4. The molecule has 110 valence electrons. The van der Waals surface area contributed by atoms with E-state index in [1.165, 1.54) is 24.0 Å². The van der Waals surface area contributed by atoms with Gasteiger partial charge < -0.3 is 10.5 Å². The minimum Gasteiger partial charge on any atom is -0.381 e. The number of hydrogen-bond acceptors (Lipinski definition) is 3. The minimum absolute atomic E-state index is 0.112. The molecule has 1 fully saturated rings. The summed E-state index contributed by atoms with van der Waals surface area (Å²) in [5, 5.41) is 0. The first-order valence-corrected chi connectivity index (χ1v) is 7.79. The van der Waals surface area contributed by atoms with Gasteiger partial charge in [0.15, 0.2) is 0 Å². The summed E-state index contributed by atoms with van der Waals surface area (Å²) in [5.41, 5.74) is 9.25. The lowest BCUT2D eigenvalue weighted by Crippen LogP contribution is -2.54. The van der Waals surface area contributed by atoms with Crippen molar-refractivity contribution in [1.29, 1.82) is 0 Å². The molecule has 1 atom stereocenters. The topological polar surface area (TPSA) is 38.5 Å². The maximum atomic E-state index is 6.18. The van der Waals surface area contributed by atoms with Crippen LogP contribution in [-0.4, -0.2) is 43.8 Å². The van der Waals surface area contributed by atoms with Crippen molar-refractivity contribution in [1.82, 2.24) is 4.90 Å². The van der Waals surface area contributed by atoms with Gasteiger partial charge in [-0.1, -0.05) is 24.3 Å². The second kappa shape index (κ2) is 5.84. The van der Waals surface area contributed by atoms with E-state index in [-0.39, 0.29) is 5.54 Å². The molecule has 0 amide bonds. The van der Waals surface area contributed by atoms with Crippen molar-refractivity contribution in [2.45, 2.75) is 31.2 Å². The van der Waals surface area contributed by atoms with Crippen LogP contribution in [0.2, 0.25) is 0 Å². The fourth-order valence-corrected chi connectivity index (χ4v) is 3.78. The number of fused-ring (bicyclic) bond motifs is 1. The van der Waals surface area contributed by atoms with Gasteiger partial charge in [-0.05, 0) is 49.8 Å². The monoisotopic (exact) mass is 274 g/mol. The Morgan fingerprint density at radius 1 is 1.30 bits per heavy atom. The number of ether oxygens (including phenoxy) is 1. The van der Waals surface area contributed by atoms with Crippen LogP contribution in [0.1, 0.15) is 24.0 Å². The second-order valence-corrected chi connectivity index (χ2v) is 6.51. The summed E-state index contributed by atoms with van der Waals surface area (Å²) in [4.78, 5) is 2.51. The maximum absolute atomic E-state index is 6.18. The molecule has 3 heteroatoms. The highest BCUT2D eigenvalue weighted by Crippen LogP contribution is 2.34. The van der Waals surface area contributed by atoms with Crippen LogP contribution in [0.3, 0.4) is 0 Å². The summed E-state index contributed by atoms with van der Waals surface area (Å²) in [5.74, 6) is 0.667. The predicted octanol–water partition coefficient (Wildman–Crippen LogP) is 1.84. The SMILES string of the molecule is CN(CC1CCCOC1)C1(CN)Cc2ccccc2C1. The van der Waals surface area contributed by atoms with Gasteiger partial charge in [-0.3, -0.25) is 4.90 Å². The number of nitrogens with zero attached hydrogens (tertiary/aromatic N) is 1. The molecular formula is C17H26N2O. The summed E-state index contributed by atoms with van der Waals surface area (Å²) in [7, 11) is 2.24. The van der Waals surface area contributed by atoms with Crippen molar-refractivity contribution in [3.05, 3.63) is 35.4 Å². The molecule has 2 N–H and O–H groups in total. The van der Waals surface area contributed by atoms with E-state index in [9.17, 15) is 0 Å². The van der Waals surface area contributed by atoms with Gasteiger partial charge in [0, 0.05) is 25.2 Å². The molecule has 0 spiro atoms. The smallest absolute Gasteiger partial charge is 0.0506 e. The van der Waals surface area contributed by atoms with Gasteiger partial charge in [-0.2, -0.15) is 0 Å². The van der Waals surface area contributed by atoms with Crippen molar-refractivity contribution in [2.75, 3.05) is 33.4 Å². The molecule has 0 saturated carbocycles. The van der Waals surface area contributed by atoms with Crippen molar-refractivity contribution in [2.24, 2.45) is 11.7 Å². The first-order chi connectivity index (χ1) is 9.73. The second-order valence-electron chi connectivity index (χ2n) is 6.51. The average Bonchev–Trinajstić information content (AvgIpc) is 2.88. The zero-order valence-electron chi connectivity index (χ0n) is 12.5. The molecule has 1 aliphatic carbocycles. The Balaban J connectivity index is 1.70. The molecule has 3 nitrogen and oxygen atoms in total. The summed E-state index contributed by atoms with van der Waals surface area (Å²) in [6, 6.07) is 8.79. The van der Waals surface area contributed by atoms with Crippen LogP contribution in [0.25, 0.3) is 0 Å². The van der Waals surface area contributed by atoms with Crippen LogP contribution < -0.4 is 5.73 Å². The summed E-state index contributed by atoms with van der Waals surface area (Å²) in [6.45, 7) is 3.68. The third-order valence-electron chi connectivity index (χ3n) is 5.13. The van der Waals surface area contributed by atoms with E-state index >= 15 is 0 Å². The predicted molar refractivity (Wildman–Crippen MR) is 81.8 cm³/mol. The van der Waals surface area contributed by atoms with Gasteiger partial charge in [0.25, 0.3) is 0 Å². The lowest BCUT2D eigenvalue weighted by Gasteiger charge is -2.40. The van der Waals surface area contributed by atoms with Gasteiger partial charge in [-0.25, -0.2) is 0 Å². The largest absolute Gasteiger partial charge is 0.381 e. The summed E-state index contributed by atoms with van der Waals surface area (Å²) < 4.78 is 5.62. The van der Waals surface area contributed by atoms with Crippen molar-refractivity contribution < 1.29 is 4.74 Å². The van der Waals surface area contributed by atoms with E-state index in [2.05, 4.69) is 36.2 Å². The minimum atomic E-state index is 0.112. The van der Waals surface area contributed by atoms with E-state index in [0.717, 1.165) is 39.1 Å². The van der Waals surface area contributed by atoms with Gasteiger partial charge in [0.1, 0.15) is 0 Å². The molecule has 0 aromatic heterocycles. The molecule has 1 saturated heterocycles. The Kier molecular flexibility index (Phi) is 4.11. The Hall–Kier alpha value is -0.900. The van der Waals surface area contributed by atoms with E-state index in [1.807, 2.05) is 0 Å². The first-order valence-electron chi connectivity index (χ1n) is 7.79. The van der Waals surface area contributed by atoms with Crippen molar-refractivity contribution in [3.8, 4) is 0 Å². The van der Waals surface area contributed by atoms with E-state index < -0.39 is 0 Å². The molecule has 1 aliphatic heterocycles. The lowest BCUT2D eigenvalue weighted by molar-refractivity contribution is 0.0223. The van der Waals surface area contributed by atoms with Gasteiger partial charge >= 0.3 is 0 Å². The zero-order chi connectivity index (χ0) is 14.0. The summed E-state index contributed by atoms with van der Waals surface area (Å²) >= 11 is 0. The highest BCUT2D eigenvalue weighted by Gasteiger charge is 2.40. The fraction of sp³-hybridized carbons (Fsp3) is 0.647. The van der Waals surface area contributed by atoms with E-state index in [0.29, 0.717) is 5.92 Å². The number of hydrogen-bond donors (Lipinski definition) is 1. The van der Waals surface area contributed by atoms with Gasteiger partial charge in [-0.15, -0.1) is 0 Å². The van der Waals surface area contributed by atoms with Crippen LogP contribution in [0.5, 0.6) is 0 Å². The third kappa shape index (κ3) is 2.62. The highest BCUT2D eigenvalue weighted by molar-refractivity contribution is 5.36. The molecule has 3 rings (SSSR count). The average molecular weight is 274 g/mol. The molecular weight excluding hydrogens is 248 g/mol. The van der Waals surface area contributed by atoms with Crippen LogP contribution in [0.4, 0.5) is 0 Å². The van der Waals surface area contributed by atoms with Crippen LogP contribution in [-0.2, 0) is 17.6 Å². The van der Waals surface area contributed by atoms with Gasteiger partial charge in [0.2, 0.25) is 0 Å². The summed E-state index contributed by atoms with van der Waals surface area (Å²) in [6.07, 6.45) is 4.67. The molecule has 1 aromatic rings. The molecule has 0 radical (unpaired) electrons. The van der Waals surface area contributed by atoms with Crippen molar-refractivity contribution in [3.63, 3.8) is 0 Å². The normalized spacial score (nSPS) is 24.9. The molecule has 1 aromatic carbocycles. The number of nitrogens with two attached hydrogens (primary N) is 1. The van der Waals surface area contributed by atoms with Crippen LogP contribution in [0, 0.1) is 5.92 Å². The van der Waals surface area contributed by atoms with E-state index in [1.54, 1.807) is 0 Å². The quantitative estimate of drug-likeness (QED) is 0.910. The molecule has 20 heavy (non-hydrogen) atoms. The fourth-order valence-electron chi connectivity index (χ4n) is 3.78. The molecule has 2 aliphatic rings. The Bertz CT molecular complexity index is 429. The van der Waals surface area contributed by atoms with Crippen molar-refractivity contribution >= 4 is 0 Å². The first kappa shape index (κ1) is 14.1. The molecule has 1 heterocycles. The Morgan fingerprint density at radius 3 is 2.55 bits per heavy atom. The standard InChI is InChI=1S/C17H26N2O/c1-19(11-14-5-4-8-20-12-14)17(13-18)9-15-6-2-3-7-16(15)10-17/h2-3,6-7,14H,4-5,8-13,18H2,1H3. The third-order valence-corrected chi connectivity index (χ3v) is 5.13. The molecule has 0 bridgehead atoms. The maximum Gasteiger partial charge on any atom is 0.0506 e. The Labute approximate surface area is 122 Å². The lowest BCUT2D eigenvalue weighted by atomic mass is 9.91. The van der Waals surface area contributed by atoms with Crippen LogP contribution >= 0.6 is 0 Å². The van der Waals surface area contributed by atoms with Crippen LogP contribution in [0.15, 0.2) is 24.3 Å². The number of benzene rings is 1. The molecule has 1 unspecified atom stereocenters. The van der Waals surface area contributed by atoms with E-state index in [4.69, 9.17) is 10.5 Å². The van der Waals surface area contributed by atoms with Gasteiger partial charge in [0.05, 0.1) is 6.61 Å². The zero-order valence-corrected chi connectivity index (χ0v) is 12.5. The Morgan fingerprint density at radius 2 is 2.00 bits per heavy atom.